The van der Waals surface area contributed by atoms with Crippen molar-refractivity contribution < 1.29 is 4.79 Å². The first kappa shape index (κ1) is 15.9. The number of hydrogen-bond acceptors (Lipinski definition) is 3. The fourth-order valence-electron chi connectivity index (χ4n) is 1.56. The number of anilines is 1. The standard InChI is InChI=1S/C15H24N2OS/c1-5-10-16-13-9-7-6-8-12(13)14(18)17-11-15(2,3)19-4/h6-9,16H,5,10-11H2,1-4H3,(H,17,18). The fraction of sp³-hybridized carbons (Fsp3) is 0.533. The molecule has 2 N–H and O–H groups in total. The SMILES string of the molecule is CCCNc1ccccc1C(=O)NCC(C)(C)SC. The van der Waals surface area contributed by atoms with Crippen molar-refractivity contribution >= 4 is 23.4 Å². The highest BCUT2D eigenvalue weighted by molar-refractivity contribution is 7.99. The lowest BCUT2D eigenvalue weighted by Crippen LogP contribution is -2.36. The smallest absolute Gasteiger partial charge is 0.253 e. The van der Waals surface area contributed by atoms with Gasteiger partial charge in [0.1, 0.15) is 0 Å². The Balaban J connectivity index is 2.71. The Hall–Kier alpha value is -1.16. The van der Waals surface area contributed by atoms with Gasteiger partial charge in [-0.1, -0.05) is 19.1 Å². The van der Waals surface area contributed by atoms with Gasteiger partial charge in [0.15, 0.2) is 0 Å². The van der Waals surface area contributed by atoms with Gasteiger partial charge in [0.2, 0.25) is 0 Å². The number of rotatable bonds is 7. The second-order valence-corrected chi connectivity index (χ2v) is 6.63. The van der Waals surface area contributed by atoms with Gasteiger partial charge >= 0.3 is 0 Å². The minimum absolute atomic E-state index is 0.0127. The Morgan fingerprint density at radius 1 is 1.32 bits per heavy atom. The highest BCUT2D eigenvalue weighted by atomic mass is 32.2. The Morgan fingerprint density at radius 2 is 2.00 bits per heavy atom. The predicted molar refractivity (Wildman–Crippen MR) is 85.1 cm³/mol. The van der Waals surface area contributed by atoms with Crippen LogP contribution in [0.3, 0.4) is 0 Å². The van der Waals surface area contributed by atoms with Gasteiger partial charge in [0.05, 0.1) is 5.56 Å². The topological polar surface area (TPSA) is 41.1 Å². The minimum Gasteiger partial charge on any atom is -0.384 e. The maximum absolute atomic E-state index is 12.2. The molecule has 0 unspecified atom stereocenters. The molecular weight excluding hydrogens is 256 g/mol. The van der Waals surface area contributed by atoms with Gasteiger partial charge in [-0.25, -0.2) is 0 Å². The zero-order chi connectivity index (χ0) is 14.3. The molecule has 0 saturated heterocycles. The van der Waals surface area contributed by atoms with Crippen molar-refractivity contribution in [2.75, 3.05) is 24.7 Å². The number of carbonyl (C=O) groups is 1. The monoisotopic (exact) mass is 280 g/mol. The third-order valence-corrected chi connectivity index (χ3v) is 4.21. The van der Waals surface area contributed by atoms with Crippen molar-refractivity contribution in [3.63, 3.8) is 0 Å². The molecule has 0 bridgehead atoms. The van der Waals surface area contributed by atoms with Crippen LogP contribution in [0, 0.1) is 0 Å². The van der Waals surface area contributed by atoms with Gasteiger partial charge in [-0.05, 0) is 38.7 Å². The van der Waals surface area contributed by atoms with E-state index in [1.807, 2.05) is 24.3 Å². The normalized spacial score (nSPS) is 11.2. The van der Waals surface area contributed by atoms with Crippen LogP contribution in [0.15, 0.2) is 24.3 Å². The van der Waals surface area contributed by atoms with E-state index in [2.05, 4.69) is 37.7 Å². The average Bonchev–Trinajstić information content (AvgIpc) is 2.43. The van der Waals surface area contributed by atoms with Gasteiger partial charge in [0, 0.05) is 23.5 Å². The molecule has 0 heterocycles. The van der Waals surface area contributed by atoms with Crippen molar-refractivity contribution in [1.29, 1.82) is 0 Å². The largest absolute Gasteiger partial charge is 0.384 e. The van der Waals surface area contributed by atoms with E-state index < -0.39 is 0 Å². The van der Waals surface area contributed by atoms with Crippen LogP contribution in [-0.2, 0) is 0 Å². The molecular formula is C15H24N2OS. The van der Waals surface area contributed by atoms with E-state index in [-0.39, 0.29) is 10.7 Å². The van der Waals surface area contributed by atoms with Crippen LogP contribution < -0.4 is 10.6 Å². The summed E-state index contributed by atoms with van der Waals surface area (Å²) in [5, 5.41) is 6.30. The molecule has 1 rings (SSSR count). The second-order valence-electron chi connectivity index (χ2n) is 5.12. The predicted octanol–water partition coefficient (Wildman–Crippen LogP) is 3.38. The van der Waals surface area contributed by atoms with Crippen molar-refractivity contribution in [3.05, 3.63) is 29.8 Å². The van der Waals surface area contributed by atoms with Crippen LogP contribution in [-0.4, -0.2) is 30.0 Å². The van der Waals surface area contributed by atoms with E-state index in [1.165, 1.54) is 0 Å². The number of amides is 1. The fourth-order valence-corrected chi connectivity index (χ4v) is 1.77. The van der Waals surface area contributed by atoms with Crippen LogP contribution in [0.1, 0.15) is 37.6 Å². The first-order valence-corrected chi connectivity index (χ1v) is 7.89. The third kappa shape index (κ3) is 5.15. The number of thioether (sulfide) groups is 1. The second kappa shape index (κ2) is 7.43. The molecule has 0 aliphatic carbocycles. The Bertz CT molecular complexity index is 418. The number of hydrogen-bond donors (Lipinski definition) is 2. The van der Waals surface area contributed by atoms with E-state index >= 15 is 0 Å². The molecule has 1 aromatic rings. The first-order chi connectivity index (χ1) is 9.00. The average molecular weight is 280 g/mol. The summed E-state index contributed by atoms with van der Waals surface area (Å²) in [6.07, 6.45) is 3.10. The number of carbonyl (C=O) groups excluding carboxylic acids is 1. The van der Waals surface area contributed by atoms with Crippen LogP contribution >= 0.6 is 11.8 Å². The van der Waals surface area contributed by atoms with Gasteiger partial charge in [-0.15, -0.1) is 0 Å². The highest BCUT2D eigenvalue weighted by Gasteiger charge is 2.18. The summed E-state index contributed by atoms with van der Waals surface area (Å²) < 4.78 is 0.0570. The summed E-state index contributed by atoms with van der Waals surface area (Å²) in [7, 11) is 0. The van der Waals surface area contributed by atoms with E-state index in [0.29, 0.717) is 12.1 Å². The zero-order valence-electron chi connectivity index (χ0n) is 12.2. The molecule has 4 heteroatoms. The van der Waals surface area contributed by atoms with E-state index in [0.717, 1.165) is 18.7 Å². The van der Waals surface area contributed by atoms with Crippen molar-refractivity contribution in [2.24, 2.45) is 0 Å². The number of nitrogens with one attached hydrogen (secondary N) is 2. The van der Waals surface area contributed by atoms with Crippen LogP contribution in [0.25, 0.3) is 0 Å². The third-order valence-electron chi connectivity index (χ3n) is 2.96. The Morgan fingerprint density at radius 3 is 2.63 bits per heavy atom. The molecule has 0 spiro atoms. The summed E-state index contributed by atoms with van der Waals surface area (Å²) in [5.74, 6) is -0.0127. The molecule has 106 valence electrons. The molecule has 0 aliphatic rings. The van der Waals surface area contributed by atoms with Crippen molar-refractivity contribution in [1.82, 2.24) is 5.32 Å². The van der Waals surface area contributed by atoms with Gasteiger partial charge < -0.3 is 10.6 Å². The lowest BCUT2D eigenvalue weighted by molar-refractivity contribution is 0.0951. The van der Waals surface area contributed by atoms with Gasteiger partial charge in [-0.3, -0.25) is 4.79 Å². The van der Waals surface area contributed by atoms with Crippen LogP contribution in [0.2, 0.25) is 0 Å². The summed E-state index contributed by atoms with van der Waals surface area (Å²) in [6.45, 7) is 7.89. The molecule has 1 amide bonds. The van der Waals surface area contributed by atoms with E-state index in [9.17, 15) is 4.79 Å². The number of benzene rings is 1. The van der Waals surface area contributed by atoms with Crippen molar-refractivity contribution in [3.8, 4) is 0 Å². The molecule has 0 atom stereocenters. The molecule has 19 heavy (non-hydrogen) atoms. The van der Waals surface area contributed by atoms with Crippen LogP contribution in [0.5, 0.6) is 0 Å². The number of para-hydroxylation sites is 1. The maximum atomic E-state index is 12.2. The summed E-state index contributed by atoms with van der Waals surface area (Å²) in [6, 6.07) is 7.65. The molecule has 0 aromatic heterocycles. The Kier molecular flexibility index (Phi) is 6.22. The molecule has 0 radical (unpaired) electrons. The summed E-state index contributed by atoms with van der Waals surface area (Å²) >= 11 is 1.75. The molecule has 0 aliphatic heterocycles. The summed E-state index contributed by atoms with van der Waals surface area (Å²) in [5.41, 5.74) is 1.62. The van der Waals surface area contributed by atoms with E-state index in [1.54, 1.807) is 11.8 Å². The first-order valence-electron chi connectivity index (χ1n) is 6.66. The lowest BCUT2D eigenvalue weighted by atomic mass is 10.1. The quantitative estimate of drug-likeness (QED) is 0.804. The molecule has 0 fully saturated rings. The highest BCUT2D eigenvalue weighted by Crippen LogP contribution is 2.20. The Labute approximate surface area is 120 Å². The van der Waals surface area contributed by atoms with Crippen LogP contribution in [0.4, 0.5) is 5.69 Å². The summed E-state index contributed by atoms with van der Waals surface area (Å²) in [4.78, 5) is 12.2. The molecule has 3 nitrogen and oxygen atoms in total. The van der Waals surface area contributed by atoms with Gasteiger partial charge in [-0.2, -0.15) is 11.8 Å². The molecule has 1 aromatic carbocycles. The lowest BCUT2D eigenvalue weighted by Gasteiger charge is -2.22. The van der Waals surface area contributed by atoms with Gasteiger partial charge in [0.25, 0.3) is 5.91 Å². The van der Waals surface area contributed by atoms with Crippen molar-refractivity contribution in [2.45, 2.75) is 31.9 Å². The molecule has 0 saturated carbocycles. The van der Waals surface area contributed by atoms with E-state index in [4.69, 9.17) is 0 Å². The minimum atomic E-state index is -0.0127. The zero-order valence-corrected chi connectivity index (χ0v) is 13.1. The maximum Gasteiger partial charge on any atom is 0.253 e.